The van der Waals surface area contributed by atoms with Crippen LogP contribution in [-0.2, 0) is 6.42 Å². The molecule has 0 aliphatic rings. The van der Waals surface area contributed by atoms with Crippen LogP contribution in [0.4, 0.5) is 5.95 Å². The number of carboxylic acids is 1. The van der Waals surface area contributed by atoms with E-state index < -0.39 is 11.5 Å². The average Bonchev–Trinajstić information content (AvgIpc) is 2.02. The molecule has 1 aromatic rings. The number of aromatic nitrogens is 2. The molecule has 1 aromatic heterocycles. The second-order valence-corrected chi connectivity index (χ2v) is 2.44. The van der Waals surface area contributed by atoms with Gasteiger partial charge in [0.1, 0.15) is 0 Å². The van der Waals surface area contributed by atoms with Gasteiger partial charge in [-0.2, -0.15) is 0 Å². The number of hydrogen-bond acceptors (Lipinski definition) is 4. The minimum Gasteiger partial charge on any atom is -0.476 e. The third-order valence-corrected chi connectivity index (χ3v) is 1.59. The maximum atomic E-state index is 11.2. The van der Waals surface area contributed by atoms with Crippen molar-refractivity contribution in [3.05, 3.63) is 21.6 Å². The highest BCUT2D eigenvalue weighted by Crippen LogP contribution is 2.02. The highest BCUT2D eigenvalue weighted by molar-refractivity contribution is 5.87. The van der Waals surface area contributed by atoms with Crippen molar-refractivity contribution >= 4 is 11.9 Å². The van der Waals surface area contributed by atoms with Gasteiger partial charge in [-0.25, -0.2) is 9.78 Å². The molecular weight excluding hydrogens is 174 g/mol. The molecule has 0 spiro atoms. The van der Waals surface area contributed by atoms with Crippen LogP contribution in [-0.4, -0.2) is 21.0 Å². The summed E-state index contributed by atoms with van der Waals surface area (Å²) in [5.74, 6) is -1.42. The summed E-state index contributed by atoms with van der Waals surface area (Å²) in [5.41, 5.74) is 4.56. The zero-order valence-electron chi connectivity index (χ0n) is 7.00. The van der Waals surface area contributed by atoms with Crippen molar-refractivity contribution in [1.29, 1.82) is 0 Å². The van der Waals surface area contributed by atoms with Crippen LogP contribution in [0.3, 0.4) is 0 Å². The zero-order chi connectivity index (χ0) is 10.0. The first-order chi connectivity index (χ1) is 6.06. The molecule has 6 nitrogen and oxygen atoms in total. The van der Waals surface area contributed by atoms with E-state index in [0.29, 0.717) is 6.42 Å². The summed E-state index contributed by atoms with van der Waals surface area (Å²) in [4.78, 5) is 27.5. The summed E-state index contributed by atoms with van der Waals surface area (Å²) >= 11 is 0. The fourth-order valence-electron chi connectivity index (χ4n) is 1.02. The number of H-pyrrole nitrogens is 1. The van der Waals surface area contributed by atoms with Crippen molar-refractivity contribution in [1.82, 2.24) is 9.97 Å². The molecule has 0 saturated heterocycles. The molecular formula is C7H9N3O3. The zero-order valence-corrected chi connectivity index (χ0v) is 7.00. The molecule has 0 aliphatic heterocycles. The molecule has 0 aromatic carbocycles. The number of hydrogen-bond donors (Lipinski definition) is 3. The van der Waals surface area contributed by atoms with E-state index in [9.17, 15) is 9.59 Å². The summed E-state index contributed by atoms with van der Waals surface area (Å²) in [6.07, 6.45) is 0.310. The quantitative estimate of drug-likeness (QED) is 0.578. The van der Waals surface area contributed by atoms with E-state index in [1.807, 2.05) is 0 Å². The normalized spacial score (nSPS) is 9.92. The van der Waals surface area contributed by atoms with Gasteiger partial charge in [0.2, 0.25) is 5.95 Å². The summed E-state index contributed by atoms with van der Waals surface area (Å²) in [6.45, 7) is 1.68. The van der Waals surface area contributed by atoms with E-state index in [-0.39, 0.29) is 17.2 Å². The van der Waals surface area contributed by atoms with Crippen molar-refractivity contribution in [2.75, 3.05) is 5.73 Å². The number of nitrogens with zero attached hydrogens (tertiary/aromatic N) is 1. The predicted octanol–water partition coefficient (Wildman–Crippen LogP) is -0.387. The minimum absolute atomic E-state index is 0.140. The van der Waals surface area contributed by atoms with Crippen LogP contribution in [0.25, 0.3) is 0 Å². The molecule has 1 heterocycles. The SMILES string of the molecule is CCc1c(C(=O)O)nc(N)[nH]c1=O. The Morgan fingerprint density at radius 1 is 1.69 bits per heavy atom. The molecule has 6 heteroatoms. The molecule has 0 fully saturated rings. The monoisotopic (exact) mass is 183 g/mol. The number of carboxylic acid groups (broad SMARTS) is 1. The summed E-state index contributed by atoms with van der Waals surface area (Å²) in [7, 11) is 0. The topological polar surface area (TPSA) is 109 Å². The van der Waals surface area contributed by atoms with Crippen LogP contribution in [0.5, 0.6) is 0 Å². The van der Waals surface area contributed by atoms with Crippen molar-refractivity contribution in [2.45, 2.75) is 13.3 Å². The van der Waals surface area contributed by atoms with E-state index in [0.717, 1.165) is 0 Å². The van der Waals surface area contributed by atoms with Crippen molar-refractivity contribution < 1.29 is 9.90 Å². The summed E-state index contributed by atoms with van der Waals surface area (Å²) in [5, 5.41) is 8.67. The number of rotatable bonds is 2. The van der Waals surface area contributed by atoms with Crippen LogP contribution in [0, 0.1) is 0 Å². The second-order valence-electron chi connectivity index (χ2n) is 2.44. The minimum atomic E-state index is -1.24. The molecule has 0 unspecified atom stereocenters. The Hall–Kier alpha value is -1.85. The van der Waals surface area contributed by atoms with Gasteiger partial charge in [0.05, 0.1) is 5.56 Å². The first-order valence-electron chi connectivity index (χ1n) is 3.68. The second kappa shape index (κ2) is 3.26. The smallest absolute Gasteiger partial charge is 0.355 e. The molecule has 4 N–H and O–H groups in total. The van der Waals surface area contributed by atoms with E-state index in [1.54, 1.807) is 6.92 Å². The predicted molar refractivity (Wildman–Crippen MR) is 45.6 cm³/mol. The van der Waals surface area contributed by atoms with Gasteiger partial charge in [0.25, 0.3) is 5.56 Å². The van der Waals surface area contributed by atoms with Gasteiger partial charge in [0, 0.05) is 0 Å². The Bertz CT molecular complexity index is 396. The molecule has 0 radical (unpaired) electrons. The Morgan fingerprint density at radius 3 is 2.77 bits per heavy atom. The lowest BCUT2D eigenvalue weighted by atomic mass is 10.2. The number of carbonyl (C=O) groups is 1. The van der Waals surface area contributed by atoms with Crippen LogP contribution in [0.15, 0.2) is 4.79 Å². The third kappa shape index (κ3) is 1.66. The van der Waals surface area contributed by atoms with Gasteiger partial charge in [-0.1, -0.05) is 6.92 Å². The number of aromatic amines is 1. The number of nitrogen functional groups attached to an aromatic ring is 1. The van der Waals surface area contributed by atoms with Crippen LogP contribution < -0.4 is 11.3 Å². The standard InChI is InChI=1S/C7H9N3O3/c1-2-3-4(6(12)13)9-7(8)10-5(3)11/h2H2,1H3,(H,12,13)(H3,8,9,10,11). The van der Waals surface area contributed by atoms with E-state index in [4.69, 9.17) is 10.8 Å². The summed E-state index contributed by atoms with van der Waals surface area (Å²) in [6, 6.07) is 0. The van der Waals surface area contributed by atoms with Crippen LogP contribution in [0.1, 0.15) is 23.0 Å². The van der Waals surface area contributed by atoms with Gasteiger partial charge in [-0.05, 0) is 6.42 Å². The van der Waals surface area contributed by atoms with Gasteiger partial charge in [-0.15, -0.1) is 0 Å². The lowest BCUT2D eigenvalue weighted by Gasteiger charge is -2.01. The molecule has 0 atom stereocenters. The van der Waals surface area contributed by atoms with E-state index in [1.165, 1.54) is 0 Å². The van der Waals surface area contributed by atoms with Gasteiger partial charge in [-0.3, -0.25) is 9.78 Å². The maximum absolute atomic E-state index is 11.2. The average molecular weight is 183 g/mol. The van der Waals surface area contributed by atoms with E-state index >= 15 is 0 Å². The van der Waals surface area contributed by atoms with Crippen LogP contribution >= 0.6 is 0 Å². The molecule has 1 rings (SSSR count). The molecule has 0 aliphatic carbocycles. The lowest BCUT2D eigenvalue weighted by Crippen LogP contribution is -2.21. The maximum Gasteiger partial charge on any atom is 0.355 e. The van der Waals surface area contributed by atoms with Gasteiger partial charge < -0.3 is 10.8 Å². The molecule has 13 heavy (non-hydrogen) atoms. The Balaban J connectivity index is 3.47. The fraction of sp³-hybridized carbons (Fsp3) is 0.286. The Labute approximate surface area is 73.4 Å². The number of anilines is 1. The highest BCUT2D eigenvalue weighted by atomic mass is 16.4. The van der Waals surface area contributed by atoms with Crippen molar-refractivity contribution in [2.24, 2.45) is 0 Å². The number of nitrogens with two attached hydrogens (primary N) is 1. The third-order valence-electron chi connectivity index (χ3n) is 1.59. The largest absolute Gasteiger partial charge is 0.476 e. The fourth-order valence-corrected chi connectivity index (χ4v) is 1.02. The van der Waals surface area contributed by atoms with Crippen molar-refractivity contribution in [3.8, 4) is 0 Å². The Kier molecular flexibility index (Phi) is 2.32. The lowest BCUT2D eigenvalue weighted by molar-refractivity contribution is 0.0689. The molecule has 0 amide bonds. The number of nitrogens with one attached hydrogen (secondary N) is 1. The molecule has 0 saturated carbocycles. The van der Waals surface area contributed by atoms with Gasteiger partial charge in [0.15, 0.2) is 5.69 Å². The first kappa shape index (κ1) is 9.24. The highest BCUT2D eigenvalue weighted by Gasteiger charge is 2.14. The molecule has 70 valence electrons. The molecule has 0 bridgehead atoms. The summed E-state index contributed by atoms with van der Waals surface area (Å²) < 4.78 is 0. The van der Waals surface area contributed by atoms with Crippen LogP contribution in [0.2, 0.25) is 0 Å². The Morgan fingerprint density at radius 2 is 2.31 bits per heavy atom. The van der Waals surface area contributed by atoms with Gasteiger partial charge >= 0.3 is 5.97 Å². The first-order valence-corrected chi connectivity index (χ1v) is 3.68. The number of aromatic carboxylic acids is 1. The van der Waals surface area contributed by atoms with E-state index in [2.05, 4.69) is 9.97 Å². The van der Waals surface area contributed by atoms with Crippen molar-refractivity contribution in [3.63, 3.8) is 0 Å².